The van der Waals surface area contributed by atoms with Crippen molar-refractivity contribution >= 4 is 23.0 Å². The van der Waals surface area contributed by atoms with Gasteiger partial charge in [-0.1, -0.05) is 0 Å². The van der Waals surface area contributed by atoms with Crippen LogP contribution in [0.15, 0.2) is 24.0 Å². The number of hydrogen-bond acceptors (Lipinski definition) is 7. The Morgan fingerprint density at radius 1 is 1.43 bits per heavy atom. The second kappa shape index (κ2) is 6.82. The largest absolute Gasteiger partial charge is 0.379 e. The molecule has 0 radical (unpaired) electrons. The third-order valence-corrected chi connectivity index (χ3v) is 4.18. The Bertz CT molecular complexity index is 556. The van der Waals surface area contributed by atoms with Crippen LogP contribution in [0.3, 0.4) is 0 Å². The fraction of sp³-hybridized carbons (Fsp3) is 0.500. The SMILES string of the molecule is CN(Cc1nccs1)c1cc(NC2CCCOC2)ncn1. The summed E-state index contributed by atoms with van der Waals surface area (Å²) >= 11 is 1.65. The van der Waals surface area contributed by atoms with E-state index in [1.165, 1.54) is 0 Å². The van der Waals surface area contributed by atoms with Crippen LogP contribution in [0.25, 0.3) is 0 Å². The molecular weight excluding hydrogens is 286 g/mol. The maximum absolute atomic E-state index is 5.48. The first-order chi connectivity index (χ1) is 10.3. The molecule has 0 amide bonds. The molecule has 2 aromatic rings. The number of nitrogens with one attached hydrogen (secondary N) is 1. The average molecular weight is 305 g/mol. The lowest BCUT2D eigenvalue weighted by molar-refractivity contribution is 0.0875. The molecule has 3 heterocycles. The van der Waals surface area contributed by atoms with Gasteiger partial charge >= 0.3 is 0 Å². The van der Waals surface area contributed by atoms with Crippen LogP contribution < -0.4 is 10.2 Å². The zero-order chi connectivity index (χ0) is 14.5. The van der Waals surface area contributed by atoms with Crippen LogP contribution in [0.1, 0.15) is 17.8 Å². The second-order valence-corrected chi connectivity index (χ2v) is 6.08. The van der Waals surface area contributed by atoms with E-state index in [9.17, 15) is 0 Å². The van der Waals surface area contributed by atoms with Gasteiger partial charge in [0.2, 0.25) is 0 Å². The Morgan fingerprint density at radius 3 is 3.14 bits per heavy atom. The molecule has 1 aliphatic heterocycles. The highest BCUT2D eigenvalue weighted by Crippen LogP contribution is 2.18. The summed E-state index contributed by atoms with van der Waals surface area (Å²) in [6.07, 6.45) is 5.64. The van der Waals surface area contributed by atoms with Crippen molar-refractivity contribution in [3.63, 3.8) is 0 Å². The first kappa shape index (κ1) is 14.2. The normalized spacial score (nSPS) is 18.4. The van der Waals surface area contributed by atoms with Crippen LogP contribution in [0, 0.1) is 0 Å². The number of rotatable bonds is 5. The van der Waals surface area contributed by atoms with Gasteiger partial charge in [-0.25, -0.2) is 15.0 Å². The number of thiazole rings is 1. The van der Waals surface area contributed by atoms with E-state index in [1.807, 2.05) is 24.7 Å². The zero-order valence-corrected chi connectivity index (χ0v) is 12.8. The molecule has 2 aromatic heterocycles. The van der Waals surface area contributed by atoms with Crippen LogP contribution in [0.4, 0.5) is 11.6 Å². The molecule has 1 aliphatic rings. The van der Waals surface area contributed by atoms with Gasteiger partial charge in [0, 0.05) is 31.3 Å². The van der Waals surface area contributed by atoms with Gasteiger partial charge in [0.25, 0.3) is 0 Å². The minimum Gasteiger partial charge on any atom is -0.379 e. The van der Waals surface area contributed by atoms with E-state index in [0.29, 0.717) is 6.04 Å². The molecule has 0 bridgehead atoms. The Balaban J connectivity index is 1.64. The summed E-state index contributed by atoms with van der Waals surface area (Å²) in [5, 5.41) is 6.48. The van der Waals surface area contributed by atoms with E-state index < -0.39 is 0 Å². The molecule has 112 valence electrons. The van der Waals surface area contributed by atoms with Crippen molar-refractivity contribution < 1.29 is 4.74 Å². The summed E-state index contributed by atoms with van der Waals surface area (Å²) in [4.78, 5) is 15.0. The number of anilines is 2. The predicted octanol–water partition coefficient (Wildman–Crippen LogP) is 2.16. The first-order valence-electron chi connectivity index (χ1n) is 7.07. The Hall–Kier alpha value is -1.73. The van der Waals surface area contributed by atoms with Crippen molar-refractivity contribution in [2.45, 2.75) is 25.4 Å². The molecule has 3 rings (SSSR count). The molecule has 0 saturated carbocycles. The van der Waals surface area contributed by atoms with Crippen molar-refractivity contribution in [2.75, 3.05) is 30.5 Å². The second-order valence-electron chi connectivity index (χ2n) is 5.10. The molecule has 0 spiro atoms. The van der Waals surface area contributed by atoms with Crippen LogP contribution in [-0.2, 0) is 11.3 Å². The Morgan fingerprint density at radius 2 is 2.38 bits per heavy atom. The lowest BCUT2D eigenvalue weighted by Crippen LogP contribution is -2.30. The monoisotopic (exact) mass is 305 g/mol. The van der Waals surface area contributed by atoms with Crippen molar-refractivity contribution in [3.8, 4) is 0 Å². The molecule has 1 fully saturated rings. The molecule has 1 atom stereocenters. The fourth-order valence-corrected chi connectivity index (χ4v) is 2.98. The van der Waals surface area contributed by atoms with Gasteiger partial charge in [-0.2, -0.15) is 0 Å². The molecule has 6 nitrogen and oxygen atoms in total. The van der Waals surface area contributed by atoms with Gasteiger partial charge in [0.15, 0.2) is 0 Å². The van der Waals surface area contributed by atoms with Gasteiger partial charge in [0.1, 0.15) is 23.0 Å². The van der Waals surface area contributed by atoms with Gasteiger partial charge in [-0.15, -0.1) is 11.3 Å². The number of nitrogens with zero attached hydrogens (tertiary/aromatic N) is 4. The molecule has 21 heavy (non-hydrogen) atoms. The number of ether oxygens (including phenoxy) is 1. The summed E-state index contributed by atoms with van der Waals surface area (Å²) in [6.45, 7) is 2.36. The lowest BCUT2D eigenvalue weighted by Gasteiger charge is -2.24. The number of hydrogen-bond donors (Lipinski definition) is 1. The average Bonchev–Trinajstić information content (AvgIpc) is 3.01. The topological polar surface area (TPSA) is 63.2 Å². The Kier molecular flexibility index (Phi) is 4.62. The van der Waals surface area contributed by atoms with Gasteiger partial charge < -0.3 is 15.0 Å². The van der Waals surface area contributed by atoms with Crippen molar-refractivity contribution in [2.24, 2.45) is 0 Å². The van der Waals surface area contributed by atoms with Crippen LogP contribution in [0.2, 0.25) is 0 Å². The molecule has 0 aliphatic carbocycles. The summed E-state index contributed by atoms with van der Waals surface area (Å²) in [7, 11) is 2.01. The van der Waals surface area contributed by atoms with Gasteiger partial charge in [-0.3, -0.25) is 0 Å². The van der Waals surface area contributed by atoms with Crippen LogP contribution in [0.5, 0.6) is 0 Å². The first-order valence-corrected chi connectivity index (χ1v) is 7.95. The lowest BCUT2D eigenvalue weighted by atomic mass is 10.1. The fourth-order valence-electron chi connectivity index (χ4n) is 2.31. The zero-order valence-electron chi connectivity index (χ0n) is 12.0. The number of aromatic nitrogens is 3. The van der Waals surface area contributed by atoms with Gasteiger partial charge in [0.05, 0.1) is 19.2 Å². The minimum atomic E-state index is 0.339. The maximum atomic E-state index is 5.48. The van der Waals surface area contributed by atoms with E-state index in [0.717, 1.165) is 49.2 Å². The molecule has 0 aromatic carbocycles. The highest BCUT2D eigenvalue weighted by molar-refractivity contribution is 7.09. The smallest absolute Gasteiger partial charge is 0.134 e. The third kappa shape index (κ3) is 3.89. The van der Waals surface area contributed by atoms with Gasteiger partial charge in [-0.05, 0) is 12.8 Å². The van der Waals surface area contributed by atoms with Crippen molar-refractivity contribution in [3.05, 3.63) is 29.0 Å². The van der Waals surface area contributed by atoms with E-state index in [-0.39, 0.29) is 0 Å². The Labute approximate surface area is 128 Å². The van der Waals surface area contributed by atoms with Crippen LogP contribution in [-0.4, -0.2) is 41.3 Å². The van der Waals surface area contributed by atoms with E-state index >= 15 is 0 Å². The van der Waals surface area contributed by atoms with E-state index in [2.05, 4.69) is 25.2 Å². The molecule has 1 N–H and O–H groups in total. The third-order valence-electron chi connectivity index (χ3n) is 3.41. The quantitative estimate of drug-likeness (QED) is 0.913. The minimum absolute atomic E-state index is 0.339. The molecule has 1 saturated heterocycles. The molecular formula is C14H19N5OS. The maximum Gasteiger partial charge on any atom is 0.134 e. The molecule has 1 unspecified atom stereocenters. The summed E-state index contributed by atoms with van der Waals surface area (Å²) in [5.41, 5.74) is 0. The van der Waals surface area contributed by atoms with E-state index in [4.69, 9.17) is 4.74 Å². The van der Waals surface area contributed by atoms with Crippen molar-refractivity contribution in [1.29, 1.82) is 0 Å². The predicted molar refractivity (Wildman–Crippen MR) is 83.7 cm³/mol. The summed E-state index contributed by atoms with van der Waals surface area (Å²) in [5.74, 6) is 1.74. The summed E-state index contributed by atoms with van der Waals surface area (Å²) < 4.78 is 5.48. The highest BCUT2D eigenvalue weighted by atomic mass is 32.1. The van der Waals surface area contributed by atoms with E-state index in [1.54, 1.807) is 17.7 Å². The summed E-state index contributed by atoms with van der Waals surface area (Å²) in [6, 6.07) is 2.31. The standard InChI is InChI=1S/C14H19N5OS/c1-19(8-14-15-4-6-21-14)13-7-12(16-10-17-13)18-11-3-2-5-20-9-11/h4,6-7,10-11H,2-3,5,8-9H2,1H3,(H,16,17,18). The van der Waals surface area contributed by atoms with Crippen molar-refractivity contribution in [1.82, 2.24) is 15.0 Å². The van der Waals surface area contributed by atoms with Crippen LogP contribution >= 0.6 is 11.3 Å². The molecule has 7 heteroatoms. The highest BCUT2D eigenvalue weighted by Gasteiger charge is 2.14.